The maximum atomic E-state index is 11.5. The van der Waals surface area contributed by atoms with Crippen LogP contribution in [0.5, 0.6) is 0 Å². The zero-order chi connectivity index (χ0) is 14.1. The number of terminal acetylenes is 1. The van der Waals surface area contributed by atoms with Gasteiger partial charge in [-0.15, -0.1) is 12.3 Å². The molecule has 7 nitrogen and oxygen atoms in total. The number of carboxylic acid groups (broad SMARTS) is 1. The summed E-state index contributed by atoms with van der Waals surface area (Å²) >= 11 is 0. The average molecular weight is 256 g/mol. The average Bonchev–Trinajstić information content (AvgIpc) is 2.33. The highest BCUT2D eigenvalue weighted by Crippen LogP contribution is 2.00. The lowest BCUT2D eigenvalue weighted by Crippen LogP contribution is -2.48. The number of carbonyl (C=O) groups is 3. The molecular weight excluding hydrogens is 240 g/mol. The molecule has 0 aromatic heterocycles. The highest BCUT2D eigenvalue weighted by Gasteiger charge is 2.23. The number of nitrogens with one attached hydrogen (secondary N) is 1. The summed E-state index contributed by atoms with van der Waals surface area (Å²) in [4.78, 5) is 33.2. The molecule has 0 radical (unpaired) electrons. The Labute approximate surface area is 105 Å². The normalized spacial score (nSPS) is 12.9. The van der Waals surface area contributed by atoms with Gasteiger partial charge in [0.15, 0.2) is 0 Å². The third-order valence-electron chi connectivity index (χ3n) is 2.15. The number of hydrogen-bond donors (Lipinski definition) is 3. The van der Waals surface area contributed by atoms with Gasteiger partial charge in [0.25, 0.3) is 0 Å². The molecule has 0 rings (SSSR count). The lowest BCUT2D eigenvalue weighted by atomic mass is 10.1. The van der Waals surface area contributed by atoms with Gasteiger partial charge in [0.2, 0.25) is 5.91 Å². The molecule has 0 saturated carbocycles. The number of aliphatic carboxylic acids is 1. The van der Waals surface area contributed by atoms with Crippen LogP contribution in [0.15, 0.2) is 0 Å². The standard InChI is InChI=1S/C11H16N2O5/c1-3-4-7(12)10(15)13-8(11(16)17)5-6-9(14)18-2/h1,7-8H,4-6,12H2,2H3,(H,13,15)(H,16,17)/t7?,8-/m1/s1. The van der Waals surface area contributed by atoms with Crippen molar-refractivity contribution < 1.29 is 24.2 Å². The van der Waals surface area contributed by atoms with Gasteiger partial charge in [-0.2, -0.15) is 0 Å². The summed E-state index contributed by atoms with van der Waals surface area (Å²) in [6.45, 7) is 0. The smallest absolute Gasteiger partial charge is 0.326 e. The second-order valence-corrected chi connectivity index (χ2v) is 3.53. The maximum Gasteiger partial charge on any atom is 0.326 e. The summed E-state index contributed by atoms with van der Waals surface area (Å²) in [5, 5.41) is 11.1. The Morgan fingerprint density at radius 2 is 2.11 bits per heavy atom. The SMILES string of the molecule is C#CCC(N)C(=O)N[C@H](CCC(=O)OC)C(=O)O. The number of esters is 1. The number of methoxy groups -OCH3 is 1. The van der Waals surface area contributed by atoms with Gasteiger partial charge in [-0.25, -0.2) is 4.79 Å². The van der Waals surface area contributed by atoms with E-state index in [1.54, 1.807) is 0 Å². The van der Waals surface area contributed by atoms with Crippen molar-refractivity contribution >= 4 is 17.8 Å². The van der Waals surface area contributed by atoms with E-state index in [4.69, 9.17) is 17.3 Å². The fourth-order valence-corrected chi connectivity index (χ4v) is 1.12. The topological polar surface area (TPSA) is 119 Å². The number of carbonyl (C=O) groups excluding carboxylic acids is 2. The minimum Gasteiger partial charge on any atom is -0.480 e. The van der Waals surface area contributed by atoms with Gasteiger partial charge in [0, 0.05) is 12.8 Å². The third-order valence-corrected chi connectivity index (χ3v) is 2.15. The van der Waals surface area contributed by atoms with E-state index >= 15 is 0 Å². The molecule has 0 aromatic rings. The summed E-state index contributed by atoms with van der Waals surface area (Å²) in [6.07, 6.45) is 4.81. The summed E-state index contributed by atoms with van der Waals surface area (Å²) in [5.74, 6) is -0.261. The van der Waals surface area contributed by atoms with Crippen LogP contribution in [0.2, 0.25) is 0 Å². The van der Waals surface area contributed by atoms with E-state index in [1.807, 2.05) is 0 Å². The van der Waals surface area contributed by atoms with E-state index < -0.39 is 29.9 Å². The second-order valence-electron chi connectivity index (χ2n) is 3.53. The highest BCUT2D eigenvalue weighted by molar-refractivity contribution is 5.87. The lowest BCUT2D eigenvalue weighted by molar-refractivity contribution is -0.144. The van der Waals surface area contributed by atoms with Crippen LogP contribution in [0, 0.1) is 12.3 Å². The van der Waals surface area contributed by atoms with Crippen LogP contribution in [0.1, 0.15) is 19.3 Å². The Hall–Kier alpha value is -2.07. The fourth-order valence-electron chi connectivity index (χ4n) is 1.12. The van der Waals surface area contributed by atoms with Gasteiger partial charge in [0.05, 0.1) is 13.2 Å². The molecule has 1 unspecified atom stereocenters. The monoisotopic (exact) mass is 256 g/mol. The number of hydrogen-bond acceptors (Lipinski definition) is 5. The minimum absolute atomic E-state index is 0.00910. The van der Waals surface area contributed by atoms with Crippen molar-refractivity contribution in [1.29, 1.82) is 0 Å². The molecule has 100 valence electrons. The van der Waals surface area contributed by atoms with Crippen LogP contribution in [0.4, 0.5) is 0 Å². The number of ether oxygens (including phenoxy) is 1. The Morgan fingerprint density at radius 1 is 1.50 bits per heavy atom. The highest BCUT2D eigenvalue weighted by atomic mass is 16.5. The zero-order valence-corrected chi connectivity index (χ0v) is 10.0. The Morgan fingerprint density at radius 3 is 2.56 bits per heavy atom. The molecule has 2 atom stereocenters. The minimum atomic E-state index is -1.25. The van der Waals surface area contributed by atoms with Gasteiger partial charge in [0.1, 0.15) is 6.04 Å². The molecular formula is C11H16N2O5. The molecule has 0 spiro atoms. The van der Waals surface area contributed by atoms with Crippen molar-refractivity contribution in [3.63, 3.8) is 0 Å². The van der Waals surface area contributed by atoms with Crippen molar-refractivity contribution in [2.75, 3.05) is 7.11 Å². The van der Waals surface area contributed by atoms with Crippen LogP contribution < -0.4 is 11.1 Å². The lowest BCUT2D eigenvalue weighted by Gasteiger charge is -2.16. The fraction of sp³-hybridized carbons (Fsp3) is 0.545. The molecule has 7 heteroatoms. The number of rotatable bonds is 7. The molecule has 4 N–H and O–H groups in total. The van der Waals surface area contributed by atoms with E-state index in [0.29, 0.717) is 0 Å². The van der Waals surface area contributed by atoms with E-state index in [1.165, 1.54) is 7.11 Å². The molecule has 18 heavy (non-hydrogen) atoms. The van der Waals surface area contributed by atoms with Crippen molar-refractivity contribution in [2.45, 2.75) is 31.3 Å². The number of amides is 1. The Kier molecular flexibility index (Phi) is 7.15. The number of carboxylic acids is 1. The Bertz CT molecular complexity index is 361. The first-order valence-corrected chi connectivity index (χ1v) is 5.21. The predicted octanol–water partition coefficient (Wildman–Crippen LogP) is -1.14. The van der Waals surface area contributed by atoms with Gasteiger partial charge in [-0.1, -0.05) is 0 Å². The molecule has 0 saturated heterocycles. The van der Waals surface area contributed by atoms with Gasteiger partial charge >= 0.3 is 11.9 Å². The van der Waals surface area contributed by atoms with Gasteiger partial charge in [-0.3, -0.25) is 9.59 Å². The Balaban J connectivity index is 4.36. The van der Waals surface area contributed by atoms with Crippen molar-refractivity contribution in [1.82, 2.24) is 5.32 Å². The molecule has 0 aliphatic carbocycles. The van der Waals surface area contributed by atoms with E-state index in [-0.39, 0.29) is 19.3 Å². The zero-order valence-electron chi connectivity index (χ0n) is 10.0. The van der Waals surface area contributed by atoms with Crippen molar-refractivity contribution in [3.05, 3.63) is 0 Å². The molecule has 0 aliphatic rings. The van der Waals surface area contributed by atoms with Crippen LogP contribution >= 0.6 is 0 Å². The molecule has 0 aromatic carbocycles. The third kappa shape index (κ3) is 5.86. The summed E-state index contributed by atoms with van der Waals surface area (Å²) in [7, 11) is 1.19. The first kappa shape index (κ1) is 15.9. The quantitative estimate of drug-likeness (QED) is 0.391. The number of nitrogens with two attached hydrogens (primary N) is 1. The molecule has 0 fully saturated rings. The molecule has 0 heterocycles. The largest absolute Gasteiger partial charge is 0.480 e. The van der Waals surface area contributed by atoms with Crippen LogP contribution in [-0.2, 0) is 19.1 Å². The van der Waals surface area contributed by atoms with Crippen molar-refractivity contribution in [3.8, 4) is 12.3 Å². The molecule has 1 amide bonds. The maximum absolute atomic E-state index is 11.5. The second kappa shape index (κ2) is 8.08. The van der Waals surface area contributed by atoms with Crippen molar-refractivity contribution in [2.24, 2.45) is 5.73 Å². The first-order valence-electron chi connectivity index (χ1n) is 5.21. The van der Waals surface area contributed by atoms with E-state index in [2.05, 4.69) is 16.0 Å². The van der Waals surface area contributed by atoms with Gasteiger partial charge < -0.3 is 20.9 Å². The summed E-state index contributed by atoms with van der Waals surface area (Å²) in [5.41, 5.74) is 5.42. The van der Waals surface area contributed by atoms with Crippen LogP contribution in [-0.4, -0.2) is 42.1 Å². The first-order chi connectivity index (χ1) is 8.42. The molecule has 0 bridgehead atoms. The van der Waals surface area contributed by atoms with Crippen LogP contribution in [0.25, 0.3) is 0 Å². The van der Waals surface area contributed by atoms with E-state index in [9.17, 15) is 14.4 Å². The summed E-state index contributed by atoms with van der Waals surface area (Å²) in [6, 6.07) is -2.16. The predicted molar refractivity (Wildman–Crippen MR) is 62.2 cm³/mol. The molecule has 0 aliphatic heterocycles. The van der Waals surface area contributed by atoms with Crippen LogP contribution in [0.3, 0.4) is 0 Å². The van der Waals surface area contributed by atoms with Gasteiger partial charge in [-0.05, 0) is 6.42 Å². The summed E-state index contributed by atoms with van der Waals surface area (Å²) < 4.78 is 4.38. The van der Waals surface area contributed by atoms with E-state index in [0.717, 1.165) is 0 Å².